The predicted octanol–water partition coefficient (Wildman–Crippen LogP) is 2.24. The van der Waals surface area contributed by atoms with Gasteiger partial charge in [-0.05, 0) is 25.5 Å². The van der Waals surface area contributed by atoms with E-state index in [9.17, 15) is 31.5 Å². The average molecular weight is 403 g/mol. The van der Waals surface area contributed by atoms with Crippen molar-refractivity contribution in [3.05, 3.63) is 41.6 Å². The fraction of sp³-hybridized carbons (Fsp3) is 0.375. The molecule has 0 amide bonds. The molecular weight excluding hydrogens is 387 g/mol. The third kappa shape index (κ3) is 3.51. The average Bonchev–Trinajstić information content (AvgIpc) is 3.20. The lowest BCUT2D eigenvalue weighted by Crippen LogP contribution is -2.36. The van der Waals surface area contributed by atoms with Crippen LogP contribution in [0.1, 0.15) is 17.7 Å². The fourth-order valence-corrected chi connectivity index (χ4v) is 5.10. The third-order valence-electron chi connectivity index (χ3n) is 4.47. The minimum Gasteiger partial charge on any atom is -0.480 e. The van der Waals surface area contributed by atoms with Crippen molar-refractivity contribution < 1.29 is 31.5 Å². The summed E-state index contributed by atoms with van der Waals surface area (Å²) in [5, 5.41) is 14.7. The Morgan fingerprint density at radius 2 is 2.00 bits per heavy atom. The summed E-state index contributed by atoms with van der Waals surface area (Å²) in [4.78, 5) is 12.0. The number of benzene rings is 1. The topological polar surface area (TPSA) is 103 Å². The van der Waals surface area contributed by atoms with Gasteiger partial charge in [-0.25, -0.2) is 13.2 Å². The highest BCUT2D eigenvalue weighted by Gasteiger charge is 2.46. The first-order valence-electron chi connectivity index (χ1n) is 7.93. The summed E-state index contributed by atoms with van der Waals surface area (Å²) in [7, 11) is -4.42. The Labute approximate surface area is 152 Å². The van der Waals surface area contributed by atoms with E-state index in [1.807, 2.05) is 0 Å². The van der Waals surface area contributed by atoms with E-state index in [2.05, 4.69) is 10.2 Å². The zero-order valence-electron chi connectivity index (χ0n) is 14.1. The largest absolute Gasteiger partial charge is 0.480 e. The van der Waals surface area contributed by atoms with E-state index in [4.69, 9.17) is 0 Å². The minimum absolute atomic E-state index is 0.238. The van der Waals surface area contributed by atoms with Crippen LogP contribution < -0.4 is 4.90 Å². The highest BCUT2D eigenvalue weighted by atomic mass is 32.2. The Balaban J connectivity index is 2.01. The summed E-state index contributed by atoms with van der Waals surface area (Å²) < 4.78 is 65.5. The Hall–Kier alpha value is -2.56. The monoisotopic (exact) mass is 403 g/mol. The number of halogens is 3. The number of hydrogen-bond acceptors (Lipinski definition) is 5. The number of rotatable bonds is 4. The van der Waals surface area contributed by atoms with Gasteiger partial charge in [0.1, 0.15) is 6.04 Å². The van der Waals surface area contributed by atoms with Gasteiger partial charge >= 0.3 is 12.1 Å². The molecule has 1 aromatic heterocycles. The zero-order valence-corrected chi connectivity index (χ0v) is 14.9. The number of nitrogens with one attached hydrogen (secondary N) is 1. The summed E-state index contributed by atoms with van der Waals surface area (Å²) >= 11 is 0. The van der Waals surface area contributed by atoms with Crippen LogP contribution in [0.2, 0.25) is 0 Å². The maximum Gasteiger partial charge on any atom is 0.417 e. The molecule has 0 unspecified atom stereocenters. The molecule has 146 valence electrons. The van der Waals surface area contributed by atoms with Crippen LogP contribution in [0, 0.1) is 6.92 Å². The summed E-state index contributed by atoms with van der Waals surface area (Å²) in [6, 6.07) is 4.26. The van der Waals surface area contributed by atoms with Crippen molar-refractivity contribution in [1.29, 1.82) is 0 Å². The molecule has 1 saturated heterocycles. The Morgan fingerprint density at radius 3 is 2.56 bits per heavy atom. The lowest BCUT2D eigenvalue weighted by molar-refractivity contribution is -0.140. The Bertz CT molecular complexity index is 971. The molecule has 1 aromatic carbocycles. The second-order valence-corrected chi connectivity index (χ2v) is 8.51. The smallest absolute Gasteiger partial charge is 0.417 e. The van der Waals surface area contributed by atoms with E-state index >= 15 is 0 Å². The molecule has 27 heavy (non-hydrogen) atoms. The van der Waals surface area contributed by atoms with Crippen LogP contribution >= 0.6 is 0 Å². The van der Waals surface area contributed by atoms with Gasteiger partial charge in [0.2, 0.25) is 0 Å². The van der Waals surface area contributed by atoms with Crippen molar-refractivity contribution >= 4 is 21.6 Å². The molecule has 0 spiro atoms. The SMILES string of the molecule is Cc1cc(N2C[C@H](S(=O)(=O)c3ccccc3C(F)(F)F)C[C@H]2C(=O)O)n[nH]1. The van der Waals surface area contributed by atoms with E-state index in [1.54, 1.807) is 13.0 Å². The van der Waals surface area contributed by atoms with Gasteiger partial charge in [0, 0.05) is 18.3 Å². The molecule has 11 heteroatoms. The summed E-state index contributed by atoms with van der Waals surface area (Å²) in [6.45, 7) is 1.42. The first-order chi connectivity index (χ1) is 12.5. The molecule has 7 nitrogen and oxygen atoms in total. The standard InChI is InChI=1S/C16H16F3N3O4S/c1-9-6-14(21-20-9)22-8-10(7-12(22)15(23)24)27(25,26)13-5-3-2-4-11(13)16(17,18)19/h2-6,10,12H,7-8H2,1H3,(H,20,21)(H,23,24)/t10-,12+/m1/s1. The van der Waals surface area contributed by atoms with Crippen molar-refractivity contribution in [2.45, 2.75) is 35.7 Å². The second-order valence-electron chi connectivity index (χ2n) is 6.31. The summed E-state index contributed by atoms with van der Waals surface area (Å²) in [5.41, 5.74) is -0.617. The van der Waals surface area contributed by atoms with Crippen molar-refractivity contribution in [2.75, 3.05) is 11.4 Å². The van der Waals surface area contributed by atoms with Gasteiger partial charge in [0.15, 0.2) is 15.7 Å². The lowest BCUT2D eigenvalue weighted by Gasteiger charge is -2.20. The van der Waals surface area contributed by atoms with Crippen LogP contribution in [0.4, 0.5) is 19.0 Å². The van der Waals surface area contributed by atoms with Gasteiger partial charge in [0.25, 0.3) is 0 Å². The van der Waals surface area contributed by atoms with Gasteiger partial charge in [-0.1, -0.05) is 12.1 Å². The van der Waals surface area contributed by atoms with E-state index < -0.39 is 43.7 Å². The summed E-state index contributed by atoms with van der Waals surface area (Å²) in [6.07, 6.45) is -5.18. The van der Waals surface area contributed by atoms with Gasteiger partial charge < -0.3 is 10.0 Å². The Kier molecular flexibility index (Phi) is 4.66. The molecule has 2 N–H and O–H groups in total. The number of nitrogens with zero attached hydrogens (tertiary/aromatic N) is 2. The molecule has 2 heterocycles. The number of sulfone groups is 1. The molecule has 2 atom stereocenters. The van der Waals surface area contributed by atoms with Gasteiger partial charge in [-0.3, -0.25) is 5.10 Å². The quantitative estimate of drug-likeness (QED) is 0.812. The highest BCUT2D eigenvalue weighted by Crippen LogP contribution is 2.38. The van der Waals surface area contributed by atoms with Crippen LogP contribution in [-0.4, -0.2) is 47.5 Å². The third-order valence-corrected chi connectivity index (χ3v) is 6.66. The molecule has 1 fully saturated rings. The van der Waals surface area contributed by atoms with Crippen molar-refractivity contribution in [1.82, 2.24) is 10.2 Å². The summed E-state index contributed by atoms with van der Waals surface area (Å²) in [5.74, 6) is -1.03. The molecular formula is C16H16F3N3O4S. The predicted molar refractivity (Wildman–Crippen MR) is 89.1 cm³/mol. The van der Waals surface area contributed by atoms with Crippen molar-refractivity contribution in [2.24, 2.45) is 0 Å². The maximum atomic E-state index is 13.2. The van der Waals surface area contributed by atoms with Crippen LogP contribution in [0.25, 0.3) is 0 Å². The van der Waals surface area contributed by atoms with E-state index in [-0.39, 0.29) is 18.8 Å². The molecule has 0 saturated carbocycles. The molecule has 1 aliphatic heterocycles. The van der Waals surface area contributed by atoms with Crippen molar-refractivity contribution in [3.8, 4) is 0 Å². The fourth-order valence-electron chi connectivity index (χ4n) is 3.19. The second kappa shape index (κ2) is 6.55. The van der Waals surface area contributed by atoms with Gasteiger partial charge in [-0.15, -0.1) is 0 Å². The van der Waals surface area contributed by atoms with Crippen LogP contribution in [0.15, 0.2) is 35.2 Å². The van der Waals surface area contributed by atoms with Gasteiger partial charge in [0.05, 0.1) is 15.7 Å². The molecule has 1 aliphatic rings. The normalized spacial score (nSPS) is 20.8. The van der Waals surface area contributed by atoms with Crippen molar-refractivity contribution in [3.63, 3.8) is 0 Å². The van der Waals surface area contributed by atoms with E-state index in [0.717, 1.165) is 12.1 Å². The number of aromatic nitrogens is 2. The first kappa shape index (κ1) is 19.2. The zero-order chi connectivity index (χ0) is 20.0. The molecule has 3 rings (SSSR count). The Morgan fingerprint density at radius 1 is 1.33 bits per heavy atom. The number of hydrogen-bond donors (Lipinski definition) is 2. The molecule has 0 bridgehead atoms. The van der Waals surface area contributed by atoms with Crippen LogP contribution in [-0.2, 0) is 20.8 Å². The first-order valence-corrected chi connectivity index (χ1v) is 9.48. The number of carboxylic acids is 1. The molecule has 2 aromatic rings. The lowest BCUT2D eigenvalue weighted by atomic mass is 10.2. The number of carboxylic acid groups (broad SMARTS) is 1. The highest BCUT2D eigenvalue weighted by molar-refractivity contribution is 7.92. The number of H-pyrrole nitrogens is 1. The number of aliphatic carboxylic acids is 1. The van der Waals surface area contributed by atoms with Crippen LogP contribution in [0.5, 0.6) is 0 Å². The number of aryl methyl sites for hydroxylation is 1. The van der Waals surface area contributed by atoms with E-state index in [0.29, 0.717) is 11.8 Å². The minimum atomic E-state index is -4.84. The molecule has 0 aliphatic carbocycles. The van der Waals surface area contributed by atoms with E-state index in [1.165, 1.54) is 11.0 Å². The number of aromatic amines is 1. The van der Waals surface area contributed by atoms with Gasteiger partial charge in [-0.2, -0.15) is 18.3 Å². The number of anilines is 1. The molecule has 0 radical (unpaired) electrons. The maximum absolute atomic E-state index is 13.2. The van der Waals surface area contributed by atoms with Crippen LogP contribution in [0.3, 0.4) is 0 Å². The number of carbonyl (C=O) groups is 1. The number of alkyl halides is 3.